The first-order valence-corrected chi connectivity index (χ1v) is 7.37. The van der Waals surface area contributed by atoms with Gasteiger partial charge in [0.15, 0.2) is 5.69 Å². The van der Waals surface area contributed by atoms with Gasteiger partial charge in [0.1, 0.15) is 11.4 Å². The molecule has 0 aliphatic carbocycles. The van der Waals surface area contributed by atoms with Crippen LogP contribution < -0.4 is 15.3 Å². The highest BCUT2D eigenvalue weighted by Gasteiger charge is 2.30. The zero-order chi connectivity index (χ0) is 14.7. The van der Waals surface area contributed by atoms with Crippen molar-refractivity contribution in [1.29, 1.82) is 0 Å². The Labute approximate surface area is 121 Å². The van der Waals surface area contributed by atoms with E-state index in [9.17, 15) is 15.2 Å². The Morgan fingerprint density at radius 3 is 2.90 bits per heavy atom. The molecule has 0 aromatic heterocycles. The lowest BCUT2D eigenvalue weighted by molar-refractivity contribution is -0.990. The number of quaternary nitrogens is 1. The van der Waals surface area contributed by atoms with E-state index in [-0.39, 0.29) is 16.8 Å². The average Bonchev–Trinajstić information content (AvgIpc) is 2.43. The smallest absolute Gasteiger partial charge is 0.238 e. The number of methoxy groups -OCH3 is 1. The van der Waals surface area contributed by atoms with Gasteiger partial charge in [-0.2, -0.15) is 5.23 Å². The van der Waals surface area contributed by atoms with Gasteiger partial charge in [0.05, 0.1) is 12.4 Å². The Balaban J connectivity index is 2.35. The minimum absolute atomic E-state index is 0.0640. The Morgan fingerprint density at radius 2 is 2.30 bits per heavy atom. The van der Waals surface area contributed by atoms with Gasteiger partial charge in [-0.1, -0.05) is 19.8 Å². The van der Waals surface area contributed by atoms with Crippen molar-refractivity contribution in [2.45, 2.75) is 36.3 Å². The summed E-state index contributed by atoms with van der Waals surface area (Å²) >= 11 is 1.41. The van der Waals surface area contributed by atoms with E-state index < -0.39 is 5.23 Å². The summed E-state index contributed by atoms with van der Waals surface area (Å²) in [5.41, 5.74) is 0.440. The number of fused-ring (bicyclic) bond motifs is 1. The summed E-state index contributed by atoms with van der Waals surface area (Å²) in [5.74, 6) is 0.364. The van der Waals surface area contributed by atoms with E-state index >= 15 is 0 Å². The number of amides is 1. The topological polar surface area (TPSA) is 86.1 Å². The molecule has 20 heavy (non-hydrogen) atoms. The maximum Gasteiger partial charge on any atom is 0.238 e. The van der Waals surface area contributed by atoms with Crippen LogP contribution in [0.3, 0.4) is 0 Å². The zero-order valence-electron chi connectivity index (χ0n) is 11.4. The molecule has 2 rings (SSSR count). The minimum atomic E-state index is -1.08. The third-order valence-corrected chi connectivity index (χ3v) is 4.48. The number of carbonyl (C=O) groups is 1. The van der Waals surface area contributed by atoms with E-state index in [4.69, 9.17) is 4.74 Å². The van der Waals surface area contributed by atoms with Crippen LogP contribution >= 0.6 is 11.8 Å². The molecule has 0 fully saturated rings. The van der Waals surface area contributed by atoms with Crippen molar-refractivity contribution in [3.63, 3.8) is 0 Å². The lowest BCUT2D eigenvalue weighted by Gasteiger charge is -2.27. The summed E-state index contributed by atoms with van der Waals surface area (Å²) in [6.07, 6.45) is 2.78. The first-order valence-electron chi connectivity index (χ1n) is 6.49. The summed E-state index contributed by atoms with van der Waals surface area (Å²) in [6.45, 7) is 2.07. The van der Waals surface area contributed by atoms with Crippen LogP contribution in [0.5, 0.6) is 5.75 Å². The van der Waals surface area contributed by atoms with E-state index in [0.717, 1.165) is 24.2 Å². The number of hydrogen-bond acceptors (Lipinski definition) is 5. The van der Waals surface area contributed by atoms with Crippen molar-refractivity contribution in [2.24, 2.45) is 0 Å². The molecule has 1 aromatic carbocycles. The number of nitrogens with one attached hydrogen (secondary N) is 2. The molecular weight excluding hydrogens is 280 g/mol. The summed E-state index contributed by atoms with van der Waals surface area (Å²) < 4.78 is 5.12. The second-order valence-corrected chi connectivity index (χ2v) is 5.84. The molecule has 6 nitrogen and oxygen atoms in total. The van der Waals surface area contributed by atoms with Crippen LogP contribution in [0.4, 0.5) is 11.4 Å². The van der Waals surface area contributed by atoms with Gasteiger partial charge in [0.2, 0.25) is 5.91 Å². The summed E-state index contributed by atoms with van der Waals surface area (Å²) in [6, 6.07) is 3.19. The van der Waals surface area contributed by atoms with Gasteiger partial charge in [-0.3, -0.25) is 4.79 Å². The van der Waals surface area contributed by atoms with E-state index in [1.54, 1.807) is 6.07 Å². The molecule has 0 radical (unpaired) electrons. The van der Waals surface area contributed by atoms with Crippen molar-refractivity contribution >= 4 is 29.0 Å². The van der Waals surface area contributed by atoms with Crippen LogP contribution in [0.1, 0.15) is 26.2 Å². The molecule has 1 amide bonds. The number of ether oxygens (including phenoxy) is 1. The van der Waals surface area contributed by atoms with E-state index in [1.807, 2.05) is 0 Å². The fourth-order valence-electron chi connectivity index (χ4n) is 2.09. The van der Waals surface area contributed by atoms with E-state index in [2.05, 4.69) is 12.2 Å². The number of carbonyl (C=O) groups excluding carboxylic acids is 1. The van der Waals surface area contributed by atoms with Crippen LogP contribution in [0.15, 0.2) is 17.0 Å². The second-order valence-electron chi connectivity index (χ2n) is 4.59. The van der Waals surface area contributed by atoms with Crippen LogP contribution in [-0.4, -0.2) is 23.5 Å². The molecule has 0 saturated carbocycles. The quantitative estimate of drug-likeness (QED) is 0.720. The van der Waals surface area contributed by atoms with E-state index in [1.165, 1.54) is 24.9 Å². The molecule has 7 heteroatoms. The standard InChI is InChI=1S/C13H18N2O4S/c1-3-4-5-10-13(16)14-12-9(15(17)18)6-8(19-2)7-11(12)20-10/h6-7,10,15,17H,3-5H2,1-2H3,(H,14,16). The Bertz CT molecular complexity index is 507. The molecule has 2 unspecified atom stereocenters. The highest BCUT2D eigenvalue weighted by molar-refractivity contribution is 8.01. The first kappa shape index (κ1) is 15.1. The van der Waals surface area contributed by atoms with Gasteiger partial charge in [0, 0.05) is 11.0 Å². The first-order chi connectivity index (χ1) is 9.56. The monoisotopic (exact) mass is 298 g/mol. The van der Waals surface area contributed by atoms with Gasteiger partial charge in [0.25, 0.3) is 0 Å². The lowest BCUT2D eigenvalue weighted by Crippen LogP contribution is -2.99. The Kier molecular flexibility index (Phi) is 4.87. The normalized spacial score (nSPS) is 19.2. The van der Waals surface area contributed by atoms with Crippen LogP contribution in [0, 0.1) is 5.21 Å². The average molecular weight is 298 g/mol. The molecule has 2 atom stereocenters. The van der Waals surface area contributed by atoms with Gasteiger partial charge in [-0.25, -0.2) is 5.21 Å². The molecule has 110 valence electrons. The number of anilines is 1. The summed E-state index contributed by atoms with van der Waals surface area (Å²) in [4.78, 5) is 12.8. The van der Waals surface area contributed by atoms with Crippen molar-refractivity contribution < 1.29 is 20.0 Å². The molecule has 3 N–H and O–H groups in total. The highest BCUT2D eigenvalue weighted by Crippen LogP contribution is 2.42. The molecule has 1 aliphatic heterocycles. The summed E-state index contributed by atoms with van der Waals surface area (Å²) in [7, 11) is 1.49. The minimum Gasteiger partial charge on any atom is -0.595 e. The van der Waals surface area contributed by atoms with Crippen molar-refractivity contribution in [2.75, 3.05) is 12.4 Å². The van der Waals surface area contributed by atoms with Crippen LogP contribution in [0.25, 0.3) is 0 Å². The Hall–Kier alpha value is -1.28. The third kappa shape index (κ3) is 3.06. The largest absolute Gasteiger partial charge is 0.595 e. The molecule has 1 aliphatic rings. The third-order valence-electron chi connectivity index (χ3n) is 3.17. The SMILES string of the molecule is CCCCC1Sc2cc(OC)cc([NH+]([O-])O)c2NC1=O. The second kappa shape index (κ2) is 6.45. The number of thioether (sulfide) groups is 1. The maximum absolute atomic E-state index is 12.0. The molecule has 1 aromatic rings. The van der Waals surface area contributed by atoms with Gasteiger partial charge < -0.3 is 15.3 Å². The molecular formula is C13H18N2O4S. The van der Waals surface area contributed by atoms with Gasteiger partial charge >= 0.3 is 0 Å². The van der Waals surface area contributed by atoms with Crippen LogP contribution in [0.2, 0.25) is 0 Å². The fourth-order valence-corrected chi connectivity index (χ4v) is 3.31. The fraction of sp³-hybridized carbons (Fsp3) is 0.462. The molecule has 0 bridgehead atoms. The number of unbranched alkanes of at least 4 members (excludes halogenated alkanes) is 1. The number of benzene rings is 1. The molecule has 1 heterocycles. The maximum atomic E-state index is 12.0. The van der Waals surface area contributed by atoms with Crippen molar-refractivity contribution in [1.82, 2.24) is 0 Å². The van der Waals surface area contributed by atoms with Crippen LogP contribution in [-0.2, 0) is 4.79 Å². The predicted octanol–water partition coefficient (Wildman–Crippen LogP) is 1.70. The molecule has 0 saturated heterocycles. The molecule has 0 spiro atoms. The van der Waals surface area contributed by atoms with Crippen molar-refractivity contribution in [3.05, 3.63) is 17.3 Å². The van der Waals surface area contributed by atoms with Gasteiger partial charge in [-0.05, 0) is 12.5 Å². The number of rotatable bonds is 5. The lowest BCUT2D eigenvalue weighted by atomic mass is 10.1. The summed E-state index contributed by atoms with van der Waals surface area (Å²) in [5, 5.41) is 22.0. The number of hydrogen-bond donors (Lipinski definition) is 3. The zero-order valence-corrected chi connectivity index (χ0v) is 12.3. The van der Waals surface area contributed by atoms with E-state index in [0.29, 0.717) is 11.4 Å². The highest BCUT2D eigenvalue weighted by atomic mass is 32.2. The van der Waals surface area contributed by atoms with Gasteiger partial charge in [-0.15, -0.1) is 11.8 Å². The van der Waals surface area contributed by atoms with Crippen molar-refractivity contribution in [3.8, 4) is 5.75 Å². The Morgan fingerprint density at radius 1 is 1.55 bits per heavy atom. The predicted molar refractivity (Wildman–Crippen MR) is 76.6 cm³/mol.